The molecule has 18 heavy (non-hydrogen) atoms. The summed E-state index contributed by atoms with van der Waals surface area (Å²) in [5, 5.41) is 15.3. The maximum absolute atomic E-state index is 11.6. The molecule has 0 bridgehead atoms. The number of carboxylic acid groups (broad SMARTS) is 1. The van der Waals surface area contributed by atoms with Gasteiger partial charge in [-0.15, -0.1) is 0 Å². The summed E-state index contributed by atoms with van der Waals surface area (Å²) in [6, 6.07) is 0. The van der Waals surface area contributed by atoms with Crippen LogP contribution in [0.15, 0.2) is 4.52 Å². The first-order valence-corrected chi connectivity index (χ1v) is 5.93. The number of nitrogens with zero attached hydrogens (tertiary/aromatic N) is 1. The number of hydrogen-bond acceptors (Lipinski definition) is 4. The van der Waals surface area contributed by atoms with Gasteiger partial charge in [-0.25, -0.2) is 0 Å². The van der Waals surface area contributed by atoms with Crippen LogP contribution in [-0.2, 0) is 16.0 Å². The molecule has 6 heteroatoms. The average molecular weight is 252 g/mol. The van der Waals surface area contributed by atoms with Gasteiger partial charge in [-0.3, -0.25) is 9.59 Å². The summed E-state index contributed by atoms with van der Waals surface area (Å²) in [7, 11) is 0. The molecule has 2 rings (SSSR count). The molecule has 1 aliphatic rings. The Hall–Kier alpha value is -1.85. The van der Waals surface area contributed by atoms with E-state index in [0.29, 0.717) is 19.4 Å². The second-order valence-corrected chi connectivity index (χ2v) is 4.63. The molecule has 1 fully saturated rings. The van der Waals surface area contributed by atoms with Gasteiger partial charge in [0.15, 0.2) is 0 Å². The lowest BCUT2D eigenvalue weighted by Gasteiger charge is -2.04. The van der Waals surface area contributed by atoms with E-state index in [1.165, 1.54) is 0 Å². The zero-order valence-electron chi connectivity index (χ0n) is 10.4. The standard InChI is InChI=1S/C12H16N2O4/c1-6-8(7(2)18-14-6)3-4-13-11(15)9-5-10(9)12(16)17/h9-10H,3-5H2,1-2H3,(H,13,15)(H,16,17)/t9-,10+/m0/s1. The van der Waals surface area contributed by atoms with Crippen LogP contribution in [0.25, 0.3) is 0 Å². The lowest BCUT2D eigenvalue weighted by molar-refractivity contribution is -0.140. The Bertz CT molecular complexity index is 461. The molecule has 0 spiro atoms. The summed E-state index contributed by atoms with van der Waals surface area (Å²) >= 11 is 0. The van der Waals surface area contributed by atoms with Crippen LogP contribution in [0.2, 0.25) is 0 Å². The normalized spacial score (nSPS) is 21.7. The number of aromatic nitrogens is 1. The van der Waals surface area contributed by atoms with Gasteiger partial charge in [0, 0.05) is 12.1 Å². The third kappa shape index (κ3) is 2.52. The molecule has 0 radical (unpaired) electrons. The minimum absolute atomic E-state index is 0.172. The Kier molecular flexibility index (Phi) is 3.36. The van der Waals surface area contributed by atoms with E-state index in [4.69, 9.17) is 9.63 Å². The molecule has 1 aromatic rings. The van der Waals surface area contributed by atoms with Gasteiger partial charge < -0.3 is 14.9 Å². The van der Waals surface area contributed by atoms with E-state index in [1.807, 2.05) is 13.8 Å². The molecule has 2 atom stereocenters. The first-order chi connectivity index (χ1) is 8.50. The SMILES string of the molecule is Cc1noc(C)c1CCNC(=O)[C@H]1C[C@H]1C(=O)O. The molecule has 1 saturated carbocycles. The van der Waals surface area contributed by atoms with E-state index >= 15 is 0 Å². The van der Waals surface area contributed by atoms with Gasteiger partial charge in [0.25, 0.3) is 0 Å². The largest absolute Gasteiger partial charge is 0.481 e. The minimum Gasteiger partial charge on any atom is -0.481 e. The van der Waals surface area contributed by atoms with Gasteiger partial charge in [0.05, 0.1) is 17.5 Å². The first-order valence-electron chi connectivity index (χ1n) is 5.93. The third-order valence-electron chi connectivity index (χ3n) is 3.30. The molecule has 0 aliphatic heterocycles. The van der Waals surface area contributed by atoms with Crippen molar-refractivity contribution in [2.24, 2.45) is 11.8 Å². The molecule has 1 heterocycles. The quantitative estimate of drug-likeness (QED) is 0.803. The monoisotopic (exact) mass is 252 g/mol. The lowest BCUT2D eigenvalue weighted by atomic mass is 10.1. The van der Waals surface area contributed by atoms with Crippen molar-refractivity contribution in [1.82, 2.24) is 10.5 Å². The molecule has 0 saturated heterocycles. The number of amides is 1. The Morgan fingerprint density at radius 3 is 2.67 bits per heavy atom. The fourth-order valence-corrected chi connectivity index (χ4v) is 2.06. The summed E-state index contributed by atoms with van der Waals surface area (Å²) in [5.41, 5.74) is 1.83. The second-order valence-electron chi connectivity index (χ2n) is 4.63. The van der Waals surface area contributed by atoms with Crippen molar-refractivity contribution in [3.63, 3.8) is 0 Å². The molecule has 0 aromatic carbocycles. The predicted molar refractivity (Wildman–Crippen MR) is 61.9 cm³/mol. The number of carbonyl (C=O) groups excluding carboxylic acids is 1. The lowest BCUT2D eigenvalue weighted by Crippen LogP contribution is -2.28. The fraction of sp³-hybridized carbons (Fsp3) is 0.583. The van der Waals surface area contributed by atoms with Crippen molar-refractivity contribution in [3.05, 3.63) is 17.0 Å². The maximum atomic E-state index is 11.6. The van der Waals surface area contributed by atoms with E-state index in [0.717, 1.165) is 17.0 Å². The van der Waals surface area contributed by atoms with Crippen molar-refractivity contribution in [2.45, 2.75) is 26.7 Å². The second kappa shape index (κ2) is 4.80. The highest BCUT2D eigenvalue weighted by Crippen LogP contribution is 2.38. The summed E-state index contributed by atoms with van der Waals surface area (Å²) in [6.45, 7) is 4.16. The van der Waals surface area contributed by atoms with Crippen LogP contribution >= 0.6 is 0 Å². The van der Waals surface area contributed by atoms with Gasteiger partial charge in [-0.05, 0) is 26.7 Å². The molecule has 1 aliphatic carbocycles. The molecule has 1 aromatic heterocycles. The number of hydrogen-bond donors (Lipinski definition) is 2. The molecule has 0 unspecified atom stereocenters. The van der Waals surface area contributed by atoms with Crippen LogP contribution in [-0.4, -0.2) is 28.7 Å². The molecule has 1 amide bonds. The number of nitrogens with one attached hydrogen (secondary N) is 1. The number of carboxylic acids is 1. The maximum Gasteiger partial charge on any atom is 0.307 e. The van der Waals surface area contributed by atoms with Gasteiger partial charge in [0.1, 0.15) is 5.76 Å². The van der Waals surface area contributed by atoms with Crippen molar-refractivity contribution in [2.75, 3.05) is 6.54 Å². The van der Waals surface area contributed by atoms with Crippen LogP contribution in [0, 0.1) is 25.7 Å². The van der Waals surface area contributed by atoms with E-state index in [1.54, 1.807) is 0 Å². The molecular formula is C12H16N2O4. The fourth-order valence-electron chi connectivity index (χ4n) is 2.06. The van der Waals surface area contributed by atoms with Crippen LogP contribution in [0.5, 0.6) is 0 Å². The molecule has 6 nitrogen and oxygen atoms in total. The average Bonchev–Trinajstić information content (AvgIpc) is 3.05. The van der Waals surface area contributed by atoms with Crippen LogP contribution in [0.1, 0.15) is 23.4 Å². The summed E-state index contributed by atoms with van der Waals surface area (Å²) < 4.78 is 5.02. The molecule has 98 valence electrons. The van der Waals surface area contributed by atoms with Crippen LogP contribution < -0.4 is 5.32 Å². The zero-order chi connectivity index (χ0) is 13.3. The van der Waals surface area contributed by atoms with E-state index in [9.17, 15) is 9.59 Å². The molecular weight excluding hydrogens is 236 g/mol. The van der Waals surface area contributed by atoms with Gasteiger partial charge in [-0.1, -0.05) is 5.16 Å². The van der Waals surface area contributed by atoms with Crippen molar-refractivity contribution in [1.29, 1.82) is 0 Å². The molecule has 2 N–H and O–H groups in total. The highest BCUT2D eigenvalue weighted by atomic mass is 16.5. The summed E-state index contributed by atoms with van der Waals surface area (Å²) in [4.78, 5) is 22.2. The Labute approximate surface area is 104 Å². The highest BCUT2D eigenvalue weighted by Gasteiger charge is 2.48. The van der Waals surface area contributed by atoms with Gasteiger partial charge in [-0.2, -0.15) is 0 Å². The number of aliphatic carboxylic acids is 1. The number of rotatable bonds is 5. The highest BCUT2D eigenvalue weighted by molar-refractivity contribution is 5.89. The third-order valence-corrected chi connectivity index (χ3v) is 3.30. The van der Waals surface area contributed by atoms with E-state index in [2.05, 4.69) is 10.5 Å². The van der Waals surface area contributed by atoms with Crippen LogP contribution in [0.3, 0.4) is 0 Å². The van der Waals surface area contributed by atoms with Gasteiger partial charge in [0.2, 0.25) is 5.91 Å². The summed E-state index contributed by atoms with van der Waals surface area (Å²) in [5.74, 6) is -1.15. The minimum atomic E-state index is -0.888. The first kappa shape index (κ1) is 12.6. The van der Waals surface area contributed by atoms with Crippen LogP contribution in [0.4, 0.5) is 0 Å². The zero-order valence-corrected chi connectivity index (χ0v) is 10.4. The van der Waals surface area contributed by atoms with Gasteiger partial charge >= 0.3 is 5.97 Å². The van der Waals surface area contributed by atoms with Crippen molar-refractivity contribution in [3.8, 4) is 0 Å². The topological polar surface area (TPSA) is 92.4 Å². The van der Waals surface area contributed by atoms with E-state index in [-0.39, 0.29) is 11.8 Å². The Morgan fingerprint density at radius 2 is 2.17 bits per heavy atom. The summed E-state index contributed by atoms with van der Waals surface area (Å²) in [6.07, 6.45) is 1.10. The van der Waals surface area contributed by atoms with E-state index < -0.39 is 11.9 Å². The van der Waals surface area contributed by atoms with Crippen molar-refractivity contribution >= 4 is 11.9 Å². The Morgan fingerprint density at radius 1 is 1.44 bits per heavy atom. The predicted octanol–water partition coefficient (Wildman–Crippen LogP) is 0.671. The smallest absolute Gasteiger partial charge is 0.307 e. The number of aryl methyl sites for hydroxylation is 2. The Balaban J connectivity index is 1.77. The van der Waals surface area contributed by atoms with Crippen molar-refractivity contribution < 1.29 is 19.2 Å². The number of carbonyl (C=O) groups is 2.